The molecule has 0 saturated carbocycles. The Hall–Kier alpha value is -3.07. The van der Waals surface area contributed by atoms with Crippen molar-refractivity contribution in [3.63, 3.8) is 0 Å². The Kier molecular flexibility index (Phi) is 9.00. The van der Waals surface area contributed by atoms with Crippen molar-refractivity contribution in [1.82, 2.24) is 0 Å². The first-order valence-corrected chi connectivity index (χ1v) is 11.5. The molecule has 0 aliphatic carbocycles. The lowest BCUT2D eigenvalue weighted by Gasteiger charge is -2.43. The lowest BCUT2D eigenvalue weighted by atomic mass is 9.98. The largest absolute Gasteiger partial charge is 0.459 e. The van der Waals surface area contributed by atoms with Gasteiger partial charge in [0, 0.05) is 7.11 Å². The van der Waals surface area contributed by atoms with Gasteiger partial charge in [-0.3, -0.25) is 0 Å². The molecule has 0 spiro atoms. The summed E-state index contributed by atoms with van der Waals surface area (Å²) in [5.41, 5.74) is 2.34. The van der Waals surface area contributed by atoms with Gasteiger partial charge in [0.25, 0.3) is 0 Å². The number of benzene rings is 3. The summed E-state index contributed by atoms with van der Waals surface area (Å²) in [4.78, 5) is 12.4. The summed E-state index contributed by atoms with van der Waals surface area (Å²) in [7, 11) is 1.50. The molecule has 0 radical (unpaired) electrons. The minimum Gasteiger partial charge on any atom is -0.459 e. The maximum absolute atomic E-state index is 12.4. The van der Waals surface area contributed by atoms with Gasteiger partial charge in [0.15, 0.2) is 6.29 Å². The van der Waals surface area contributed by atoms with Crippen LogP contribution in [-0.4, -0.2) is 55.5 Å². The van der Waals surface area contributed by atoms with Crippen LogP contribution >= 0.6 is 0 Å². The zero-order valence-corrected chi connectivity index (χ0v) is 19.6. The first kappa shape index (κ1) is 25.0. The Morgan fingerprint density at radius 1 is 0.800 bits per heavy atom. The number of aliphatic hydroxyl groups excluding tert-OH is 1. The van der Waals surface area contributed by atoms with Gasteiger partial charge in [-0.1, -0.05) is 78.9 Å². The first-order valence-electron chi connectivity index (χ1n) is 11.5. The second kappa shape index (κ2) is 12.6. The topological polar surface area (TPSA) is 83.5 Å². The van der Waals surface area contributed by atoms with Crippen LogP contribution < -0.4 is 0 Å². The van der Waals surface area contributed by atoms with Gasteiger partial charge in [-0.15, -0.1) is 0 Å². The van der Waals surface area contributed by atoms with E-state index in [1.54, 1.807) is 24.3 Å². The lowest BCUT2D eigenvalue weighted by Crippen LogP contribution is -2.60. The van der Waals surface area contributed by atoms with Crippen molar-refractivity contribution < 1.29 is 33.6 Å². The predicted molar refractivity (Wildman–Crippen MR) is 128 cm³/mol. The molecule has 35 heavy (non-hydrogen) atoms. The molecule has 1 N–H and O–H groups in total. The van der Waals surface area contributed by atoms with Crippen LogP contribution in [0, 0.1) is 0 Å². The minimum atomic E-state index is -1.12. The fraction of sp³-hybridized carbons (Fsp3) is 0.321. The van der Waals surface area contributed by atoms with Crippen LogP contribution in [0.2, 0.25) is 0 Å². The van der Waals surface area contributed by atoms with E-state index in [9.17, 15) is 9.90 Å². The number of methoxy groups -OCH3 is 1. The van der Waals surface area contributed by atoms with Crippen LogP contribution in [0.25, 0.3) is 0 Å². The molecule has 1 heterocycles. The molecule has 7 heteroatoms. The number of carbonyl (C=O) groups is 1. The molecule has 0 bridgehead atoms. The van der Waals surface area contributed by atoms with Crippen LogP contribution in [0.3, 0.4) is 0 Å². The molecule has 1 aliphatic heterocycles. The number of hydrogen-bond donors (Lipinski definition) is 1. The van der Waals surface area contributed by atoms with E-state index in [1.165, 1.54) is 7.11 Å². The molecule has 1 fully saturated rings. The fourth-order valence-corrected chi connectivity index (χ4v) is 3.93. The molecule has 5 atom stereocenters. The molecule has 0 unspecified atom stereocenters. The highest BCUT2D eigenvalue weighted by Crippen LogP contribution is 2.28. The van der Waals surface area contributed by atoms with Crippen LogP contribution in [0.15, 0.2) is 91.0 Å². The number of ether oxygens (including phenoxy) is 5. The number of aliphatic hydroxyl groups is 1. The van der Waals surface area contributed by atoms with Crippen molar-refractivity contribution in [3.8, 4) is 0 Å². The smallest absolute Gasteiger partial charge is 0.338 e. The van der Waals surface area contributed by atoms with Gasteiger partial charge >= 0.3 is 5.97 Å². The molecular formula is C28H30O7. The molecular weight excluding hydrogens is 448 g/mol. The van der Waals surface area contributed by atoms with E-state index in [4.69, 9.17) is 23.7 Å². The average Bonchev–Trinajstić information content (AvgIpc) is 2.92. The fourth-order valence-electron chi connectivity index (χ4n) is 3.93. The van der Waals surface area contributed by atoms with Gasteiger partial charge in [-0.05, 0) is 23.3 Å². The van der Waals surface area contributed by atoms with Gasteiger partial charge < -0.3 is 28.8 Å². The molecule has 3 aromatic rings. The Labute approximate surface area is 205 Å². The molecule has 0 aromatic heterocycles. The predicted octanol–water partition coefficient (Wildman–Crippen LogP) is 3.75. The van der Waals surface area contributed by atoms with Crippen molar-refractivity contribution in [2.24, 2.45) is 0 Å². The Morgan fingerprint density at radius 3 is 1.86 bits per heavy atom. The quantitative estimate of drug-likeness (QED) is 0.445. The van der Waals surface area contributed by atoms with Crippen molar-refractivity contribution in [2.45, 2.75) is 43.9 Å². The van der Waals surface area contributed by atoms with Crippen LogP contribution in [0.5, 0.6) is 0 Å². The Morgan fingerprint density at radius 2 is 1.31 bits per heavy atom. The lowest BCUT2D eigenvalue weighted by molar-refractivity contribution is -0.313. The summed E-state index contributed by atoms with van der Waals surface area (Å²) >= 11 is 0. The van der Waals surface area contributed by atoms with E-state index in [-0.39, 0.29) is 13.2 Å². The average molecular weight is 479 g/mol. The summed E-state index contributed by atoms with van der Waals surface area (Å²) in [6.07, 6.45) is -4.29. The van der Waals surface area contributed by atoms with Crippen LogP contribution in [0.4, 0.5) is 0 Å². The van der Waals surface area contributed by atoms with Gasteiger partial charge in [-0.25, -0.2) is 4.79 Å². The first-order chi connectivity index (χ1) is 17.2. The zero-order valence-electron chi connectivity index (χ0n) is 19.6. The molecule has 0 amide bonds. The van der Waals surface area contributed by atoms with Crippen molar-refractivity contribution >= 4 is 5.97 Å². The third kappa shape index (κ3) is 6.75. The molecule has 4 rings (SSSR count). The van der Waals surface area contributed by atoms with Crippen molar-refractivity contribution in [3.05, 3.63) is 108 Å². The second-order valence-corrected chi connectivity index (χ2v) is 8.26. The molecule has 184 valence electrons. The van der Waals surface area contributed by atoms with Crippen molar-refractivity contribution in [2.75, 3.05) is 13.7 Å². The number of rotatable bonds is 10. The van der Waals surface area contributed by atoms with E-state index in [1.807, 2.05) is 66.7 Å². The maximum Gasteiger partial charge on any atom is 0.338 e. The Bertz CT molecular complexity index is 1030. The van der Waals surface area contributed by atoms with Crippen LogP contribution in [-0.2, 0) is 36.9 Å². The van der Waals surface area contributed by atoms with E-state index in [2.05, 4.69) is 0 Å². The maximum atomic E-state index is 12.4. The number of carbonyl (C=O) groups excluding carboxylic acids is 1. The third-order valence-corrected chi connectivity index (χ3v) is 5.81. The molecule has 7 nitrogen and oxygen atoms in total. The third-order valence-electron chi connectivity index (χ3n) is 5.81. The highest BCUT2D eigenvalue weighted by atomic mass is 16.7. The molecule has 1 aliphatic rings. The van der Waals surface area contributed by atoms with E-state index >= 15 is 0 Å². The SMILES string of the molecule is CO[C@@H]1O[C@H](COC(=O)c2ccccc2)[C@H](O)[C@H](OCc2ccccc2)[C@H]1OCc1ccccc1. The Balaban J connectivity index is 1.47. The monoisotopic (exact) mass is 478 g/mol. The van der Waals surface area contributed by atoms with Gasteiger partial charge in [0.1, 0.15) is 31.0 Å². The van der Waals surface area contributed by atoms with E-state index in [0.717, 1.165) is 11.1 Å². The van der Waals surface area contributed by atoms with Crippen molar-refractivity contribution in [1.29, 1.82) is 0 Å². The van der Waals surface area contributed by atoms with E-state index in [0.29, 0.717) is 12.2 Å². The minimum absolute atomic E-state index is 0.161. The molecule has 3 aromatic carbocycles. The summed E-state index contributed by atoms with van der Waals surface area (Å²) < 4.78 is 29.3. The summed E-state index contributed by atoms with van der Waals surface area (Å²) in [6, 6.07) is 28.0. The van der Waals surface area contributed by atoms with E-state index < -0.39 is 36.7 Å². The summed E-state index contributed by atoms with van der Waals surface area (Å²) in [5, 5.41) is 11.2. The van der Waals surface area contributed by atoms with Gasteiger partial charge in [0.2, 0.25) is 0 Å². The van der Waals surface area contributed by atoms with Gasteiger partial charge in [0.05, 0.1) is 18.8 Å². The highest BCUT2D eigenvalue weighted by molar-refractivity contribution is 5.89. The van der Waals surface area contributed by atoms with Gasteiger partial charge in [-0.2, -0.15) is 0 Å². The summed E-state index contributed by atoms with van der Waals surface area (Å²) in [6.45, 7) is 0.395. The number of hydrogen-bond acceptors (Lipinski definition) is 7. The standard InChI is InChI=1S/C28H30O7/c1-31-28-26(33-18-21-13-7-3-8-14-21)25(32-17-20-11-5-2-6-12-20)24(29)23(35-28)19-34-27(30)22-15-9-4-10-16-22/h2-16,23-26,28-29H,17-19H2,1H3/t23-,24+,25+,26-,28-/m1/s1. The molecule has 1 saturated heterocycles. The normalized spacial score (nSPS) is 24.1. The highest BCUT2D eigenvalue weighted by Gasteiger charge is 2.47. The second-order valence-electron chi connectivity index (χ2n) is 8.26. The summed E-state index contributed by atoms with van der Waals surface area (Å²) in [5.74, 6) is -0.500. The zero-order chi connectivity index (χ0) is 24.5. The van der Waals surface area contributed by atoms with Crippen LogP contribution in [0.1, 0.15) is 21.5 Å². The number of esters is 1.